The van der Waals surface area contributed by atoms with Crippen LogP contribution in [0.5, 0.6) is 0 Å². The van der Waals surface area contributed by atoms with E-state index in [1.54, 1.807) is 17.8 Å². The Morgan fingerprint density at radius 1 is 1.14 bits per heavy atom. The summed E-state index contributed by atoms with van der Waals surface area (Å²) in [5.74, 6) is 1.10. The Morgan fingerprint density at radius 2 is 1.95 bits per heavy atom. The van der Waals surface area contributed by atoms with Crippen molar-refractivity contribution in [2.75, 3.05) is 17.3 Å². The number of nitrogens with one attached hydrogen (secondary N) is 1. The molecule has 6 heteroatoms. The van der Waals surface area contributed by atoms with Gasteiger partial charge in [0.25, 0.3) is 0 Å². The highest BCUT2D eigenvalue weighted by Gasteiger charge is 2.05. The first-order valence-electron chi connectivity index (χ1n) is 6.54. The fraction of sp³-hybridized carbons (Fsp3) is 0.188. The van der Waals surface area contributed by atoms with E-state index in [4.69, 9.17) is 23.2 Å². The number of thioether (sulfide) groups is 2. The maximum Gasteiger partial charge on any atom is 0.234 e. The number of rotatable bonds is 6. The number of hydrogen-bond donors (Lipinski definition) is 1. The third-order valence-corrected chi connectivity index (χ3v) is 5.31. The minimum Gasteiger partial charge on any atom is -0.325 e. The van der Waals surface area contributed by atoms with Gasteiger partial charge in [-0.15, -0.1) is 23.5 Å². The number of carbonyl (C=O) groups is 1. The largest absolute Gasteiger partial charge is 0.325 e. The van der Waals surface area contributed by atoms with E-state index in [0.29, 0.717) is 15.8 Å². The first-order valence-corrected chi connectivity index (χ1v) is 9.67. The van der Waals surface area contributed by atoms with E-state index in [1.165, 1.54) is 11.8 Å². The van der Waals surface area contributed by atoms with E-state index < -0.39 is 0 Å². The summed E-state index contributed by atoms with van der Waals surface area (Å²) in [5, 5.41) is 3.99. The third kappa shape index (κ3) is 5.43. The van der Waals surface area contributed by atoms with Crippen LogP contribution in [0.3, 0.4) is 0 Å². The molecule has 0 aliphatic heterocycles. The molecule has 0 spiro atoms. The molecule has 0 radical (unpaired) electrons. The van der Waals surface area contributed by atoms with Gasteiger partial charge in [-0.25, -0.2) is 0 Å². The van der Waals surface area contributed by atoms with Crippen molar-refractivity contribution in [1.82, 2.24) is 0 Å². The quantitative estimate of drug-likeness (QED) is 0.671. The van der Waals surface area contributed by atoms with Gasteiger partial charge < -0.3 is 5.32 Å². The molecule has 1 N–H and O–H groups in total. The van der Waals surface area contributed by atoms with Crippen molar-refractivity contribution in [2.45, 2.75) is 10.6 Å². The molecule has 0 atom stereocenters. The molecule has 0 fully saturated rings. The first-order chi connectivity index (χ1) is 10.6. The maximum absolute atomic E-state index is 11.9. The van der Waals surface area contributed by atoms with Crippen LogP contribution in [0.15, 0.2) is 47.4 Å². The number of benzene rings is 2. The number of halogens is 2. The Morgan fingerprint density at radius 3 is 2.68 bits per heavy atom. The molecular weight excluding hydrogens is 357 g/mol. The van der Waals surface area contributed by atoms with E-state index in [-0.39, 0.29) is 5.91 Å². The average Bonchev–Trinajstić information content (AvgIpc) is 2.51. The minimum absolute atomic E-state index is 0.0108. The fourth-order valence-corrected chi connectivity index (χ4v) is 3.34. The first kappa shape index (κ1) is 17.5. The van der Waals surface area contributed by atoms with Crippen LogP contribution < -0.4 is 5.32 Å². The normalized spacial score (nSPS) is 10.5. The third-order valence-electron chi connectivity index (χ3n) is 2.84. The van der Waals surface area contributed by atoms with Crippen molar-refractivity contribution in [2.24, 2.45) is 0 Å². The lowest BCUT2D eigenvalue weighted by atomic mass is 10.2. The molecule has 0 saturated carbocycles. The summed E-state index contributed by atoms with van der Waals surface area (Å²) in [5.41, 5.74) is 1.88. The van der Waals surface area contributed by atoms with Gasteiger partial charge in [0, 0.05) is 16.3 Å². The molecule has 2 rings (SSSR count). The SMILES string of the molecule is CSc1cccc(NC(=O)CSCc2ccc(Cl)c(Cl)c2)c1. The van der Waals surface area contributed by atoms with Crippen LogP contribution in [0.4, 0.5) is 5.69 Å². The topological polar surface area (TPSA) is 29.1 Å². The molecule has 0 unspecified atom stereocenters. The van der Waals surface area contributed by atoms with Crippen molar-refractivity contribution in [1.29, 1.82) is 0 Å². The maximum atomic E-state index is 11.9. The summed E-state index contributed by atoms with van der Waals surface area (Å²) in [6.45, 7) is 0. The molecule has 0 heterocycles. The molecule has 2 aromatic carbocycles. The summed E-state index contributed by atoms with van der Waals surface area (Å²) in [6, 6.07) is 13.3. The van der Waals surface area contributed by atoms with Crippen LogP contribution in [0.25, 0.3) is 0 Å². The van der Waals surface area contributed by atoms with Crippen LogP contribution >= 0.6 is 46.7 Å². The van der Waals surface area contributed by atoms with Crippen LogP contribution in [-0.4, -0.2) is 17.9 Å². The van der Waals surface area contributed by atoms with Gasteiger partial charge >= 0.3 is 0 Å². The van der Waals surface area contributed by atoms with Gasteiger partial charge in [-0.1, -0.05) is 35.3 Å². The van der Waals surface area contributed by atoms with Gasteiger partial charge in [0.05, 0.1) is 15.8 Å². The number of anilines is 1. The van der Waals surface area contributed by atoms with Gasteiger partial charge in [-0.2, -0.15) is 0 Å². The summed E-state index contributed by atoms with van der Waals surface area (Å²) in [6.07, 6.45) is 2.01. The number of carbonyl (C=O) groups excluding carboxylic acids is 1. The van der Waals surface area contributed by atoms with Crippen LogP contribution in [0, 0.1) is 0 Å². The highest BCUT2D eigenvalue weighted by molar-refractivity contribution is 7.99. The van der Waals surface area contributed by atoms with Crippen molar-refractivity contribution >= 4 is 58.3 Å². The van der Waals surface area contributed by atoms with Crippen molar-refractivity contribution < 1.29 is 4.79 Å². The lowest BCUT2D eigenvalue weighted by Crippen LogP contribution is -2.14. The number of hydrogen-bond acceptors (Lipinski definition) is 3. The molecule has 22 heavy (non-hydrogen) atoms. The van der Waals surface area contributed by atoms with Gasteiger partial charge in [-0.05, 0) is 42.2 Å². The van der Waals surface area contributed by atoms with E-state index in [0.717, 1.165) is 21.9 Å². The Labute approximate surface area is 149 Å². The lowest BCUT2D eigenvalue weighted by molar-refractivity contribution is -0.113. The second-order valence-electron chi connectivity index (χ2n) is 4.52. The monoisotopic (exact) mass is 371 g/mol. The smallest absolute Gasteiger partial charge is 0.234 e. The summed E-state index contributed by atoms with van der Waals surface area (Å²) >= 11 is 15.0. The Bertz CT molecular complexity index is 664. The Balaban J connectivity index is 1.81. The van der Waals surface area contributed by atoms with Crippen LogP contribution in [0.1, 0.15) is 5.56 Å². The molecule has 0 aliphatic carbocycles. The average molecular weight is 372 g/mol. The molecule has 0 aromatic heterocycles. The van der Waals surface area contributed by atoms with Crippen molar-refractivity contribution in [3.8, 4) is 0 Å². The summed E-state index contributed by atoms with van der Waals surface area (Å²) < 4.78 is 0. The standard InChI is InChI=1S/C16H15Cl2NOS2/c1-21-13-4-2-3-12(8-13)19-16(20)10-22-9-11-5-6-14(17)15(18)7-11/h2-8H,9-10H2,1H3,(H,19,20). The Kier molecular flexibility index (Phi) is 6.96. The predicted octanol–water partition coefficient (Wildman–Crippen LogP) is 5.59. The zero-order valence-electron chi connectivity index (χ0n) is 11.9. The van der Waals surface area contributed by atoms with Gasteiger partial charge in [-0.3, -0.25) is 4.79 Å². The van der Waals surface area contributed by atoms with E-state index in [9.17, 15) is 4.79 Å². The molecule has 0 bridgehead atoms. The molecule has 2 aromatic rings. The van der Waals surface area contributed by atoms with Crippen molar-refractivity contribution in [3.05, 3.63) is 58.1 Å². The highest BCUT2D eigenvalue weighted by atomic mass is 35.5. The van der Waals surface area contributed by atoms with Gasteiger partial charge in [0.1, 0.15) is 0 Å². The Hall–Kier alpha value is -0.810. The van der Waals surface area contributed by atoms with Gasteiger partial charge in [0.2, 0.25) is 5.91 Å². The molecule has 0 saturated heterocycles. The number of amides is 1. The van der Waals surface area contributed by atoms with Crippen LogP contribution in [-0.2, 0) is 10.5 Å². The summed E-state index contributed by atoms with van der Waals surface area (Å²) in [7, 11) is 0. The molecule has 2 nitrogen and oxygen atoms in total. The second kappa shape index (κ2) is 8.73. The zero-order chi connectivity index (χ0) is 15.9. The van der Waals surface area contributed by atoms with E-state index in [2.05, 4.69) is 5.32 Å². The van der Waals surface area contributed by atoms with E-state index >= 15 is 0 Å². The fourth-order valence-electron chi connectivity index (χ4n) is 1.79. The van der Waals surface area contributed by atoms with Gasteiger partial charge in [0.15, 0.2) is 0 Å². The predicted molar refractivity (Wildman–Crippen MR) is 99.5 cm³/mol. The summed E-state index contributed by atoms with van der Waals surface area (Å²) in [4.78, 5) is 13.1. The van der Waals surface area contributed by atoms with Crippen molar-refractivity contribution in [3.63, 3.8) is 0 Å². The lowest BCUT2D eigenvalue weighted by Gasteiger charge is -2.07. The van der Waals surface area contributed by atoms with Crippen LogP contribution in [0.2, 0.25) is 10.0 Å². The van der Waals surface area contributed by atoms with E-state index in [1.807, 2.05) is 42.7 Å². The molecule has 0 aliphatic rings. The molecule has 116 valence electrons. The minimum atomic E-state index is -0.0108. The zero-order valence-corrected chi connectivity index (χ0v) is 15.1. The highest BCUT2D eigenvalue weighted by Crippen LogP contribution is 2.25. The molecule has 1 amide bonds. The second-order valence-corrected chi connectivity index (χ2v) is 7.20. The molecular formula is C16H15Cl2NOS2.